The van der Waals surface area contributed by atoms with Crippen LogP contribution < -0.4 is 0 Å². The standard InChI is InChI=1S/C12H27NO3S/c1-4-5-6-7-8-9-10-13(11-12(2)14)17(3,15)16/h12,14H,4-11H2,1-3H3. The van der Waals surface area contributed by atoms with E-state index < -0.39 is 16.1 Å². The largest absolute Gasteiger partial charge is 0.392 e. The molecule has 0 aliphatic heterocycles. The molecule has 0 amide bonds. The van der Waals surface area contributed by atoms with Gasteiger partial charge in [0, 0.05) is 13.1 Å². The molecule has 0 bridgehead atoms. The second-order valence-electron chi connectivity index (χ2n) is 4.74. The van der Waals surface area contributed by atoms with Crippen LogP contribution in [-0.2, 0) is 10.0 Å². The van der Waals surface area contributed by atoms with Crippen molar-refractivity contribution in [1.82, 2.24) is 4.31 Å². The van der Waals surface area contributed by atoms with Crippen LogP contribution in [0, 0.1) is 0 Å². The van der Waals surface area contributed by atoms with E-state index in [1.54, 1.807) is 6.92 Å². The van der Waals surface area contributed by atoms with E-state index in [9.17, 15) is 13.5 Å². The molecule has 0 aromatic rings. The van der Waals surface area contributed by atoms with Gasteiger partial charge in [-0.2, -0.15) is 4.31 Å². The highest BCUT2D eigenvalue weighted by Gasteiger charge is 2.17. The van der Waals surface area contributed by atoms with Crippen LogP contribution in [0.1, 0.15) is 52.4 Å². The van der Waals surface area contributed by atoms with Crippen LogP contribution >= 0.6 is 0 Å². The summed E-state index contributed by atoms with van der Waals surface area (Å²) in [6.07, 6.45) is 7.40. The van der Waals surface area contributed by atoms with Gasteiger partial charge in [0.1, 0.15) is 0 Å². The van der Waals surface area contributed by atoms with Gasteiger partial charge in [0.15, 0.2) is 0 Å². The number of nitrogens with zero attached hydrogens (tertiary/aromatic N) is 1. The van der Waals surface area contributed by atoms with E-state index in [-0.39, 0.29) is 6.54 Å². The van der Waals surface area contributed by atoms with E-state index in [2.05, 4.69) is 6.92 Å². The minimum atomic E-state index is -3.18. The second-order valence-corrected chi connectivity index (χ2v) is 6.72. The van der Waals surface area contributed by atoms with Gasteiger partial charge in [-0.1, -0.05) is 39.0 Å². The number of hydrogen-bond acceptors (Lipinski definition) is 3. The van der Waals surface area contributed by atoms with Gasteiger partial charge in [-0.3, -0.25) is 0 Å². The summed E-state index contributed by atoms with van der Waals surface area (Å²) >= 11 is 0. The SMILES string of the molecule is CCCCCCCCN(CC(C)O)S(C)(=O)=O. The Morgan fingerprint density at radius 3 is 2.12 bits per heavy atom. The molecule has 0 heterocycles. The summed E-state index contributed by atoms with van der Waals surface area (Å²) < 4.78 is 24.3. The van der Waals surface area contributed by atoms with Gasteiger partial charge in [-0.15, -0.1) is 0 Å². The third-order valence-electron chi connectivity index (χ3n) is 2.70. The van der Waals surface area contributed by atoms with Crippen molar-refractivity contribution < 1.29 is 13.5 Å². The van der Waals surface area contributed by atoms with Crippen molar-refractivity contribution in [3.8, 4) is 0 Å². The molecule has 1 atom stereocenters. The Morgan fingerprint density at radius 2 is 1.65 bits per heavy atom. The molecule has 1 N–H and O–H groups in total. The highest BCUT2D eigenvalue weighted by Crippen LogP contribution is 2.08. The topological polar surface area (TPSA) is 57.6 Å². The minimum Gasteiger partial charge on any atom is -0.392 e. The zero-order chi connectivity index (χ0) is 13.3. The molecule has 104 valence electrons. The van der Waals surface area contributed by atoms with E-state index in [0.29, 0.717) is 6.54 Å². The Bertz CT molecular complexity index is 275. The molecular formula is C12H27NO3S. The van der Waals surface area contributed by atoms with Crippen molar-refractivity contribution in [3.63, 3.8) is 0 Å². The summed E-state index contributed by atoms with van der Waals surface area (Å²) in [5.74, 6) is 0. The van der Waals surface area contributed by atoms with Crippen molar-refractivity contribution in [1.29, 1.82) is 0 Å². The first-order chi connectivity index (χ1) is 7.88. The first kappa shape index (κ1) is 16.9. The first-order valence-corrected chi connectivity index (χ1v) is 8.36. The summed E-state index contributed by atoms with van der Waals surface area (Å²) in [6.45, 7) is 4.51. The average molecular weight is 265 g/mol. The van der Waals surface area contributed by atoms with Crippen molar-refractivity contribution >= 4 is 10.0 Å². The van der Waals surface area contributed by atoms with Gasteiger partial charge in [0.2, 0.25) is 10.0 Å². The zero-order valence-corrected chi connectivity index (χ0v) is 12.2. The molecule has 4 nitrogen and oxygen atoms in total. The van der Waals surface area contributed by atoms with Crippen LogP contribution in [0.3, 0.4) is 0 Å². The predicted molar refractivity (Wildman–Crippen MR) is 71.5 cm³/mol. The van der Waals surface area contributed by atoms with Crippen LogP contribution in [0.2, 0.25) is 0 Å². The highest BCUT2D eigenvalue weighted by molar-refractivity contribution is 7.88. The van der Waals surface area contributed by atoms with Crippen molar-refractivity contribution in [2.45, 2.75) is 58.5 Å². The van der Waals surface area contributed by atoms with Gasteiger partial charge >= 0.3 is 0 Å². The number of sulfonamides is 1. The maximum atomic E-state index is 11.4. The molecule has 0 aliphatic carbocycles. The van der Waals surface area contributed by atoms with E-state index in [1.807, 2.05) is 0 Å². The molecule has 0 spiro atoms. The lowest BCUT2D eigenvalue weighted by Gasteiger charge is -2.21. The summed E-state index contributed by atoms with van der Waals surface area (Å²) in [4.78, 5) is 0. The fourth-order valence-corrected chi connectivity index (χ4v) is 2.70. The van der Waals surface area contributed by atoms with Gasteiger partial charge in [0.05, 0.1) is 12.4 Å². The molecule has 0 aliphatic rings. The van der Waals surface area contributed by atoms with Crippen LogP contribution in [0.15, 0.2) is 0 Å². The van der Waals surface area contributed by atoms with E-state index >= 15 is 0 Å². The summed E-state index contributed by atoms with van der Waals surface area (Å²) in [5, 5.41) is 9.25. The minimum absolute atomic E-state index is 0.202. The van der Waals surface area contributed by atoms with Crippen molar-refractivity contribution in [2.75, 3.05) is 19.3 Å². The van der Waals surface area contributed by atoms with E-state index in [1.165, 1.54) is 36.2 Å². The lowest BCUT2D eigenvalue weighted by atomic mass is 10.1. The van der Waals surface area contributed by atoms with Crippen molar-refractivity contribution in [3.05, 3.63) is 0 Å². The molecule has 0 rings (SSSR count). The molecule has 0 fully saturated rings. The number of unbranched alkanes of at least 4 members (excludes halogenated alkanes) is 5. The molecule has 0 radical (unpaired) electrons. The van der Waals surface area contributed by atoms with Crippen LogP contribution in [0.4, 0.5) is 0 Å². The van der Waals surface area contributed by atoms with Gasteiger partial charge in [-0.05, 0) is 13.3 Å². The lowest BCUT2D eigenvalue weighted by Crippen LogP contribution is -2.36. The Kier molecular flexibility index (Phi) is 8.82. The molecule has 17 heavy (non-hydrogen) atoms. The molecule has 0 saturated heterocycles. The number of rotatable bonds is 10. The van der Waals surface area contributed by atoms with Crippen LogP contribution in [0.25, 0.3) is 0 Å². The molecular weight excluding hydrogens is 238 g/mol. The Morgan fingerprint density at radius 1 is 1.12 bits per heavy atom. The number of aliphatic hydroxyl groups excluding tert-OH is 1. The Hall–Kier alpha value is -0.130. The monoisotopic (exact) mass is 265 g/mol. The zero-order valence-electron chi connectivity index (χ0n) is 11.4. The third-order valence-corrected chi connectivity index (χ3v) is 3.97. The average Bonchev–Trinajstić information content (AvgIpc) is 2.19. The molecule has 0 saturated carbocycles. The third kappa shape index (κ3) is 9.56. The lowest BCUT2D eigenvalue weighted by molar-refractivity contribution is 0.162. The quantitative estimate of drug-likeness (QED) is 0.615. The van der Waals surface area contributed by atoms with Crippen molar-refractivity contribution in [2.24, 2.45) is 0 Å². The summed E-state index contributed by atoms with van der Waals surface area (Å²) in [5.41, 5.74) is 0. The fourth-order valence-electron chi connectivity index (χ4n) is 1.76. The number of aliphatic hydroxyl groups is 1. The molecule has 5 heteroatoms. The maximum Gasteiger partial charge on any atom is 0.211 e. The smallest absolute Gasteiger partial charge is 0.211 e. The first-order valence-electron chi connectivity index (χ1n) is 6.51. The van der Waals surface area contributed by atoms with E-state index in [4.69, 9.17) is 0 Å². The summed E-state index contributed by atoms with van der Waals surface area (Å²) in [7, 11) is -3.18. The molecule has 0 aromatic carbocycles. The maximum absolute atomic E-state index is 11.4. The van der Waals surface area contributed by atoms with Crippen LogP contribution in [0.5, 0.6) is 0 Å². The van der Waals surface area contributed by atoms with Crippen LogP contribution in [-0.4, -0.2) is 43.3 Å². The van der Waals surface area contributed by atoms with Gasteiger partial charge < -0.3 is 5.11 Å². The fraction of sp³-hybridized carbons (Fsp3) is 1.00. The van der Waals surface area contributed by atoms with E-state index in [0.717, 1.165) is 12.8 Å². The number of hydrogen-bond donors (Lipinski definition) is 1. The molecule has 1 unspecified atom stereocenters. The van der Waals surface area contributed by atoms with Gasteiger partial charge in [0.25, 0.3) is 0 Å². The Balaban J connectivity index is 3.86. The summed E-state index contributed by atoms with van der Waals surface area (Å²) in [6, 6.07) is 0. The predicted octanol–water partition coefficient (Wildman–Crippen LogP) is 1.99. The second kappa shape index (κ2) is 8.89. The van der Waals surface area contributed by atoms with Gasteiger partial charge in [-0.25, -0.2) is 8.42 Å². The Labute approximate surface area is 106 Å². The highest BCUT2D eigenvalue weighted by atomic mass is 32.2. The molecule has 0 aromatic heterocycles. The normalized spacial score (nSPS) is 14.2.